The second kappa shape index (κ2) is 6.68. The molecule has 0 saturated heterocycles. The maximum atomic E-state index is 6.02. The monoisotopic (exact) mass is 279 g/mol. The third-order valence-corrected chi connectivity index (χ3v) is 3.19. The molecule has 0 aliphatic carbocycles. The van der Waals surface area contributed by atoms with Crippen LogP contribution in [0.1, 0.15) is 36.7 Å². The van der Waals surface area contributed by atoms with Crippen LogP contribution in [-0.2, 0) is 6.42 Å². The molecule has 1 aromatic heterocycles. The van der Waals surface area contributed by atoms with E-state index in [4.69, 9.17) is 16.1 Å². The lowest BCUT2D eigenvalue weighted by Gasteiger charge is -2.17. The van der Waals surface area contributed by atoms with Crippen LogP contribution in [0.3, 0.4) is 0 Å². The molecule has 1 N–H and O–H groups in total. The Bertz CT molecular complexity index is 527. The van der Waals surface area contributed by atoms with Gasteiger partial charge in [0.2, 0.25) is 5.89 Å². The molecule has 0 bridgehead atoms. The van der Waals surface area contributed by atoms with E-state index in [1.54, 1.807) is 0 Å². The molecule has 102 valence electrons. The standard InChI is InChI=1S/C14H18ClN3O/c1-3-13(11-5-4-6-12(15)9-11)16-8-7-14-17-10(2)18-19-14/h4-6,9,13,16H,3,7-8H2,1-2H3. The molecule has 1 aromatic carbocycles. The van der Waals surface area contributed by atoms with Crippen LogP contribution in [0.2, 0.25) is 5.02 Å². The van der Waals surface area contributed by atoms with E-state index in [1.807, 2.05) is 25.1 Å². The summed E-state index contributed by atoms with van der Waals surface area (Å²) in [6.45, 7) is 4.77. The SMILES string of the molecule is CCC(NCCc1nc(C)no1)c1cccc(Cl)c1. The van der Waals surface area contributed by atoms with Gasteiger partial charge >= 0.3 is 0 Å². The Labute approximate surface area is 118 Å². The molecule has 0 radical (unpaired) electrons. The zero-order valence-corrected chi connectivity index (χ0v) is 11.9. The van der Waals surface area contributed by atoms with Crippen molar-refractivity contribution in [2.24, 2.45) is 0 Å². The van der Waals surface area contributed by atoms with Gasteiger partial charge in [0, 0.05) is 24.0 Å². The van der Waals surface area contributed by atoms with Crippen molar-refractivity contribution in [3.8, 4) is 0 Å². The molecule has 1 heterocycles. The van der Waals surface area contributed by atoms with Crippen LogP contribution in [0, 0.1) is 6.92 Å². The van der Waals surface area contributed by atoms with Gasteiger partial charge in [0.15, 0.2) is 5.82 Å². The lowest BCUT2D eigenvalue weighted by molar-refractivity contribution is 0.368. The first-order chi connectivity index (χ1) is 9.19. The minimum absolute atomic E-state index is 0.294. The van der Waals surface area contributed by atoms with Crippen LogP contribution in [0.25, 0.3) is 0 Å². The van der Waals surface area contributed by atoms with E-state index < -0.39 is 0 Å². The maximum absolute atomic E-state index is 6.02. The van der Waals surface area contributed by atoms with E-state index >= 15 is 0 Å². The molecule has 2 aromatic rings. The summed E-state index contributed by atoms with van der Waals surface area (Å²) in [5, 5.41) is 8.03. The lowest BCUT2D eigenvalue weighted by atomic mass is 10.0. The second-order valence-corrected chi connectivity index (χ2v) is 4.89. The molecule has 4 nitrogen and oxygen atoms in total. The molecular weight excluding hydrogens is 262 g/mol. The van der Waals surface area contributed by atoms with Crippen molar-refractivity contribution in [1.82, 2.24) is 15.5 Å². The molecule has 1 atom stereocenters. The van der Waals surface area contributed by atoms with Gasteiger partial charge in [-0.05, 0) is 31.0 Å². The number of nitrogens with zero attached hydrogens (tertiary/aromatic N) is 2. The van der Waals surface area contributed by atoms with Crippen LogP contribution in [-0.4, -0.2) is 16.7 Å². The van der Waals surface area contributed by atoms with E-state index in [-0.39, 0.29) is 0 Å². The summed E-state index contributed by atoms with van der Waals surface area (Å²) in [4.78, 5) is 4.18. The summed E-state index contributed by atoms with van der Waals surface area (Å²) in [6, 6.07) is 8.24. The number of hydrogen-bond donors (Lipinski definition) is 1. The van der Waals surface area contributed by atoms with Crippen LogP contribution in [0.15, 0.2) is 28.8 Å². The molecule has 19 heavy (non-hydrogen) atoms. The number of aryl methyl sites for hydroxylation is 1. The van der Waals surface area contributed by atoms with E-state index in [9.17, 15) is 0 Å². The topological polar surface area (TPSA) is 51.0 Å². The third-order valence-electron chi connectivity index (χ3n) is 2.96. The molecule has 0 amide bonds. The summed E-state index contributed by atoms with van der Waals surface area (Å²) in [6.07, 6.45) is 1.74. The average molecular weight is 280 g/mol. The van der Waals surface area contributed by atoms with Gasteiger partial charge in [0.1, 0.15) is 0 Å². The third kappa shape index (κ3) is 4.04. The zero-order valence-electron chi connectivity index (χ0n) is 11.2. The number of aromatic nitrogens is 2. The first kappa shape index (κ1) is 14.0. The van der Waals surface area contributed by atoms with Gasteiger partial charge in [-0.3, -0.25) is 0 Å². The molecule has 1 unspecified atom stereocenters. The molecule has 0 spiro atoms. The van der Waals surface area contributed by atoms with Gasteiger partial charge in [0.05, 0.1) is 0 Å². The highest BCUT2D eigenvalue weighted by Crippen LogP contribution is 2.20. The number of hydrogen-bond acceptors (Lipinski definition) is 4. The number of halogens is 1. The molecule has 0 fully saturated rings. The predicted molar refractivity (Wildman–Crippen MR) is 75.2 cm³/mol. The summed E-state index contributed by atoms with van der Waals surface area (Å²) in [5.41, 5.74) is 1.21. The molecule has 0 aliphatic heterocycles. The summed E-state index contributed by atoms with van der Waals surface area (Å²) in [5.74, 6) is 1.35. The van der Waals surface area contributed by atoms with Crippen LogP contribution in [0.4, 0.5) is 0 Å². The van der Waals surface area contributed by atoms with Crippen molar-refractivity contribution < 1.29 is 4.52 Å². The van der Waals surface area contributed by atoms with Crippen molar-refractivity contribution in [2.45, 2.75) is 32.7 Å². The predicted octanol–water partition coefficient (Wildman–Crippen LogP) is 3.31. The summed E-state index contributed by atoms with van der Waals surface area (Å²) < 4.78 is 5.08. The minimum atomic E-state index is 0.294. The Kier molecular flexibility index (Phi) is 4.93. The Morgan fingerprint density at radius 3 is 2.89 bits per heavy atom. The molecular formula is C14H18ClN3O. The molecule has 2 rings (SSSR count). The van der Waals surface area contributed by atoms with E-state index in [2.05, 4.69) is 28.4 Å². The fourth-order valence-corrected chi connectivity index (χ4v) is 2.21. The highest BCUT2D eigenvalue weighted by Gasteiger charge is 2.10. The molecule has 0 saturated carbocycles. The summed E-state index contributed by atoms with van der Waals surface area (Å²) in [7, 11) is 0. The first-order valence-corrected chi connectivity index (χ1v) is 6.85. The maximum Gasteiger partial charge on any atom is 0.227 e. The van der Waals surface area contributed by atoms with Gasteiger partial charge < -0.3 is 9.84 Å². The van der Waals surface area contributed by atoms with Gasteiger partial charge in [-0.2, -0.15) is 4.98 Å². The van der Waals surface area contributed by atoms with Crippen molar-refractivity contribution in [3.05, 3.63) is 46.6 Å². The number of benzene rings is 1. The minimum Gasteiger partial charge on any atom is -0.339 e. The van der Waals surface area contributed by atoms with Crippen LogP contribution >= 0.6 is 11.6 Å². The van der Waals surface area contributed by atoms with Crippen LogP contribution in [0.5, 0.6) is 0 Å². The Morgan fingerprint density at radius 2 is 2.26 bits per heavy atom. The fraction of sp³-hybridized carbons (Fsp3) is 0.429. The van der Waals surface area contributed by atoms with E-state index in [1.165, 1.54) is 5.56 Å². The smallest absolute Gasteiger partial charge is 0.227 e. The Morgan fingerprint density at radius 1 is 1.42 bits per heavy atom. The Balaban J connectivity index is 1.89. The molecule has 0 aliphatic rings. The van der Waals surface area contributed by atoms with E-state index in [0.29, 0.717) is 17.8 Å². The van der Waals surface area contributed by atoms with Crippen molar-refractivity contribution >= 4 is 11.6 Å². The van der Waals surface area contributed by atoms with Gasteiger partial charge in [-0.25, -0.2) is 0 Å². The number of rotatable bonds is 6. The highest BCUT2D eigenvalue weighted by molar-refractivity contribution is 6.30. The van der Waals surface area contributed by atoms with Crippen LogP contribution < -0.4 is 5.32 Å². The van der Waals surface area contributed by atoms with Gasteiger partial charge in [0.25, 0.3) is 0 Å². The second-order valence-electron chi connectivity index (χ2n) is 4.46. The lowest BCUT2D eigenvalue weighted by Crippen LogP contribution is -2.23. The quantitative estimate of drug-likeness (QED) is 0.881. The van der Waals surface area contributed by atoms with Gasteiger partial charge in [-0.1, -0.05) is 35.8 Å². The zero-order chi connectivity index (χ0) is 13.7. The normalized spacial score (nSPS) is 12.6. The Hall–Kier alpha value is -1.39. The summed E-state index contributed by atoms with van der Waals surface area (Å²) >= 11 is 6.02. The average Bonchev–Trinajstić information content (AvgIpc) is 2.80. The van der Waals surface area contributed by atoms with Crippen molar-refractivity contribution in [1.29, 1.82) is 0 Å². The van der Waals surface area contributed by atoms with Crippen molar-refractivity contribution in [2.75, 3.05) is 6.54 Å². The largest absolute Gasteiger partial charge is 0.339 e. The molecule has 5 heteroatoms. The van der Waals surface area contributed by atoms with Crippen molar-refractivity contribution in [3.63, 3.8) is 0 Å². The number of nitrogens with one attached hydrogen (secondary N) is 1. The highest BCUT2D eigenvalue weighted by atomic mass is 35.5. The fourth-order valence-electron chi connectivity index (χ4n) is 2.02. The first-order valence-electron chi connectivity index (χ1n) is 6.47. The van der Waals surface area contributed by atoms with Gasteiger partial charge in [-0.15, -0.1) is 0 Å². The van der Waals surface area contributed by atoms with E-state index in [0.717, 1.165) is 24.4 Å².